The first kappa shape index (κ1) is 20.8. The van der Waals surface area contributed by atoms with Crippen molar-refractivity contribution in [3.63, 3.8) is 0 Å². The van der Waals surface area contributed by atoms with E-state index >= 15 is 0 Å². The number of sulfone groups is 1. The molecule has 1 fully saturated rings. The van der Waals surface area contributed by atoms with Crippen molar-refractivity contribution >= 4 is 27.5 Å². The van der Waals surface area contributed by atoms with E-state index in [1.807, 2.05) is 0 Å². The third-order valence-electron chi connectivity index (χ3n) is 4.59. The molecule has 1 aliphatic heterocycles. The van der Waals surface area contributed by atoms with Gasteiger partial charge in [-0.25, -0.2) is 17.6 Å². The van der Waals surface area contributed by atoms with Crippen LogP contribution in [0.2, 0.25) is 0 Å². The fourth-order valence-electron chi connectivity index (χ4n) is 3.04. The maximum absolute atomic E-state index is 12.9. The van der Waals surface area contributed by atoms with Crippen molar-refractivity contribution in [2.75, 3.05) is 23.4 Å². The van der Waals surface area contributed by atoms with Gasteiger partial charge in [-0.1, -0.05) is 12.1 Å². The number of halogens is 1. The minimum atomic E-state index is -3.06. The van der Waals surface area contributed by atoms with Gasteiger partial charge in [0.2, 0.25) is 0 Å². The molecule has 0 saturated carbocycles. The predicted molar refractivity (Wildman–Crippen MR) is 108 cm³/mol. The molecule has 1 atom stereocenters. The Labute approximate surface area is 168 Å². The summed E-state index contributed by atoms with van der Waals surface area (Å²) in [6.45, 7) is 0.414. The largest absolute Gasteiger partial charge is 0.352 e. The Balaban J connectivity index is 1.44. The van der Waals surface area contributed by atoms with Crippen LogP contribution in [0.15, 0.2) is 48.5 Å². The van der Waals surface area contributed by atoms with Crippen LogP contribution >= 0.6 is 0 Å². The lowest BCUT2D eigenvalue weighted by molar-refractivity contribution is 0.0954. The van der Waals surface area contributed by atoms with Gasteiger partial charge in [-0.05, 0) is 54.8 Å². The number of rotatable bonds is 6. The van der Waals surface area contributed by atoms with Crippen molar-refractivity contribution in [3.05, 3.63) is 65.5 Å². The van der Waals surface area contributed by atoms with E-state index in [9.17, 15) is 22.4 Å². The second-order valence-corrected chi connectivity index (χ2v) is 9.14. The minimum Gasteiger partial charge on any atom is -0.352 e. The molecule has 0 aromatic heterocycles. The van der Waals surface area contributed by atoms with Gasteiger partial charge in [0.1, 0.15) is 5.82 Å². The molecule has 9 heteroatoms. The summed E-state index contributed by atoms with van der Waals surface area (Å²) in [5.41, 5.74) is 1.86. The SMILES string of the molecule is O=C(Nc1ccc(C(=O)NCCc2ccc(F)cc2)cc1)N[C@H]1CCS(=O)(=O)C1. The van der Waals surface area contributed by atoms with E-state index in [1.165, 1.54) is 12.1 Å². The Kier molecular flexibility index (Phi) is 6.48. The maximum Gasteiger partial charge on any atom is 0.319 e. The molecule has 0 radical (unpaired) electrons. The molecule has 2 aromatic carbocycles. The van der Waals surface area contributed by atoms with E-state index in [1.54, 1.807) is 36.4 Å². The lowest BCUT2D eigenvalue weighted by Gasteiger charge is -2.12. The van der Waals surface area contributed by atoms with Crippen LogP contribution in [0.1, 0.15) is 22.3 Å². The van der Waals surface area contributed by atoms with Crippen LogP contribution in [0.25, 0.3) is 0 Å². The van der Waals surface area contributed by atoms with Crippen LogP contribution in [0.5, 0.6) is 0 Å². The van der Waals surface area contributed by atoms with Gasteiger partial charge in [-0.3, -0.25) is 4.79 Å². The highest BCUT2D eigenvalue weighted by Crippen LogP contribution is 2.13. The number of anilines is 1. The summed E-state index contributed by atoms with van der Waals surface area (Å²) in [6.07, 6.45) is 0.996. The molecule has 0 unspecified atom stereocenters. The lowest BCUT2D eigenvalue weighted by Crippen LogP contribution is -2.38. The standard InChI is InChI=1S/C20H22FN3O4S/c21-16-5-1-14(2-6-16)9-11-22-19(25)15-3-7-17(8-4-15)23-20(26)24-18-10-12-29(27,28)13-18/h1-8,18H,9-13H2,(H,22,25)(H2,23,24,26)/t18-/m0/s1. The van der Waals surface area contributed by atoms with Gasteiger partial charge >= 0.3 is 6.03 Å². The molecule has 3 amide bonds. The Bertz CT molecular complexity index is 976. The highest BCUT2D eigenvalue weighted by atomic mass is 32.2. The average molecular weight is 419 g/mol. The molecule has 0 aliphatic carbocycles. The summed E-state index contributed by atoms with van der Waals surface area (Å²) in [4.78, 5) is 24.2. The van der Waals surface area contributed by atoms with Crippen LogP contribution in [0, 0.1) is 5.82 Å². The summed E-state index contributed by atoms with van der Waals surface area (Å²) < 4.78 is 35.7. The van der Waals surface area contributed by atoms with E-state index in [4.69, 9.17) is 0 Å². The number of hydrogen-bond acceptors (Lipinski definition) is 4. The van der Waals surface area contributed by atoms with Crippen LogP contribution in [0.3, 0.4) is 0 Å². The minimum absolute atomic E-state index is 0.0442. The molecule has 3 rings (SSSR count). The number of urea groups is 1. The number of nitrogens with one attached hydrogen (secondary N) is 3. The molecule has 1 aliphatic rings. The summed E-state index contributed by atoms with van der Waals surface area (Å²) in [6, 6.07) is 11.6. The highest BCUT2D eigenvalue weighted by molar-refractivity contribution is 7.91. The molecule has 1 heterocycles. The van der Waals surface area contributed by atoms with Crippen LogP contribution in [-0.4, -0.2) is 44.4 Å². The molecule has 7 nitrogen and oxygen atoms in total. The van der Waals surface area contributed by atoms with Crippen molar-refractivity contribution < 1.29 is 22.4 Å². The first-order valence-electron chi connectivity index (χ1n) is 9.21. The number of carbonyl (C=O) groups excluding carboxylic acids is 2. The molecular formula is C20H22FN3O4S. The van der Waals surface area contributed by atoms with Crippen LogP contribution < -0.4 is 16.0 Å². The predicted octanol–water partition coefficient (Wildman–Crippen LogP) is 2.11. The topological polar surface area (TPSA) is 104 Å². The summed E-state index contributed by atoms with van der Waals surface area (Å²) in [5.74, 6) is -0.506. The first-order chi connectivity index (χ1) is 13.8. The molecule has 0 bridgehead atoms. The van der Waals surface area contributed by atoms with E-state index in [0.717, 1.165) is 5.56 Å². The van der Waals surface area contributed by atoms with Crippen molar-refractivity contribution in [1.29, 1.82) is 0 Å². The Morgan fingerprint density at radius 1 is 1.03 bits per heavy atom. The van der Waals surface area contributed by atoms with Gasteiger partial charge in [-0.2, -0.15) is 0 Å². The second kappa shape index (κ2) is 9.04. The van der Waals surface area contributed by atoms with E-state index in [-0.39, 0.29) is 29.3 Å². The molecular weight excluding hydrogens is 397 g/mol. The molecule has 29 heavy (non-hydrogen) atoms. The van der Waals surface area contributed by atoms with E-state index < -0.39 is 15.9 Å². The summed E-state index contributed by atoms with van der Waals surface area (Å²) in [5, 5.41) is 8.05. The lowest BCUT2D eigenvalue weighted by atomic mass is 10.1. The fraction of sp³-hybridized carbons (Fsp3) is 0.300. The van der Waals surface area contributed by atoms with Crippen molar-refractivity contribution in [3.8, 4) is 0 Å². The zero-order valence-corrected chi connectivity index (χ0v) is 16.5. The van der Waals surface area contributed by atoms with Crippen molar-refractivity contribution in [1.82, 2.24) is 10.6 Å². The zero-order chi connectivity index (χ0) is 20.9. The van der Waals surface area contributed by atoms with Crippen molar-refractivity contribution in [2.24, 2.45) is 0 Å². The number of carbonyl (C=O) groups is 2. The summed E-state index contributed by atoms with van der Waals surface area (Å²) >= 11 is 0. The molecule has 1 saturated heterocycles. The number of amides is 3. The first-order valence-corrected chi connectivity index (χ1v) is 11.0. The van der Waals surface area contributed by atoms with E-state index in [0.29, 0.717) is 30.6 Å². The molecule has 3 N–H and O–H groups in total. The number of benzene rings is 2. The smallest absolute Gasteiger partial charge is 0.319 e. The monoisotopic (exact) mass is 419 g/mol. The van der Waals surface area contributed by atoms with Gasteiger partial charge < -0.3 is 16.0 Å². The molecule has 0 spiro atoms. The second-order valence-electron chi connectivity index (χ2n) is 6.91. The van der Waals surface area contributed by atoms with Crippen LogP contribution in [0.4, 0.5) is 14.9 Å². The van der Waals surface area contributed by atoms with Gasteiger partial charge in [0.05, 0.1) is 11.5 Å². The highest BCUT2D eigenvalue weighted by Gasteiger charge is 2.28. The Hall–Kier alpha value is -2.94. The van der Waals surface area contributed by atoms with E-state index in [2.05, 4.69) is 16.0 Å². The average Bonchev–Trinajstić information content (AvgIpc) is 3.02. The molecule has 2 aromatic rings. The Morgan fingerprint density at radius 3 is 2.34 bits per heavy atom. The van der Waals surface area contributed by atoms with Gasteiger partial charge in [0.15, 0.2) is 9.84 Å². The zero-order valence-electron chi connectivity index (χ0n) is 15.7. The summed E-state index contributed by atoms with van der Waals surface area (Å²) in [7, 11) is -3.06. The van der Waals surface area contributed by atoms with Gasteiger partial charge in [0.25, 0.3) is 5.91 Å². The quantitative estimate of drug-likeness (QED) is 0.667. The van der Waals surface area contributed by atoms with Crippen LogP contribution in [-0.2, 0) is 16.3 Å². The normalized spacial score (nSPS) is 17.5. The number of hydrogen-bond donors (Lipinski definition) is 3. The van der Waals surface area contributed by atoms with Gasteiger partial charge in [-0.15, -0.1) is 0 Å². The molecule has 154 valence electrons. The van der Waals surface area contributed by atoms with Crippen molar-refractivity contribution in [2.45, 2.75) is 18.9 Å². The fourth-order valence-corrected chi connectivity index (χ4v) is 4.71. The Morgan fingerprint density at radius 2 is 1.72 bits per heavy atom. The maximum atomic E-state index is 12.9. The third kappa shape index (κ3) is 6.28. The third-order valence-corrected chi connectivity index (χ3v) is 6.35. The van der Waals surface area contributed by atoms with Gasteiger partial charge in [0, 0.05) is 23.8 Å².